The molecule has 0 aromatic heterocycles. The van der Waals surface area contributed by atoms with E-state index in [0.717, 1.165) is 48.7 Å². The van der Waals surface area contributed by atoms with Crippen LogP contribution >= 0.6 is 0 Å². The van der Waals surface area contributed by atoms with Gasteiger partial charge in [0.05, 0.1) is 11.4 Å². The van der Waals surface area contributed by atoms with Crippen LogP contribution in [0.2, 0.25) is 0 Å². The average molecular weight is 427 g/mol. The third kappa shape index (κ3) is 6.07. The summed E-state index contributed by atoms with van der Waals surface area (Å²) in [6.07, 6.45) is 3.80. The van der Waals surface area contributed by atoms with E-state index in [1.54, 1.807) is 0 Å². The second-order valence-electron chi connectivity index (χ2n) is 7.53. The number of hydrogen-bond acceptors (Lipinski definition) is 4. The largest absolute Gasteiger partial charge is 0.372 e. The molecule has 0 radical (unpaired) electrons. The lowest BCUT2D eigenvalue weighted by molar-refractivity contribution is 0.866. The van der Waals surface area contributed by atoms with Gasteiger partial charge in [-0.15, -0.1) is 0 Å². The molecular formula is C28H34N4. The van der Waals surface area contributed by atoms with Gasteiger partial charge in [-0.1, -0.05) is 36.4 Å². The van der Waals surface area contributed by atoms with Crippen LogP contribution in [0.25, 0.3) is 0 Å². The van der Waals surface area contributed by atoms with Gasteiger partial charge in [0, 0.05) is 50.0 Å². The topological polar surface area (TPSA) is 31.2 Å². The molecule has 4 nitrogen and oxygen atoms in total. The number of benzene rings is 3. The van der Waals surface area contributed by atoms with Crippen molar-refractivity contribution < 1.29 is 0 Å². The molecule has 4 heteroatoms. The highest BCUT2D eigenvalue weighted by Crippen LogP contribution is 2.27. The molecule has 0 saturated heterocycles. The highest BCUT2D eigenvalue weighted by Gasteiger charge is 2.02. The van der Waals surface area contributed by atoms with Crippen LogP contribution in [0.1, 0.15) is 38.8 Å². The van der Waals surface area contributed by atoms with Gasteiger partial charge in [-0.3, -0.25) is 9.98 Å². The lowest BCUT2D eigenvalue weighted by Crippen LogP contribution is -2.21. The Morgan fingerprint density at radius 3 is 1.19 bits per heavy atom. The van der Waals surface area contributed by atoms with Crippen molar-refractivity contribution in [3.63, 3.8) is 0 Å². The van der Waals surface area contributed by atoms with Gasteiger partial charge in [0.2, 0.25) is 0 Å². The molecule has 32 heavy (non-hydrogen) atoms. The Hall–Kier alpha value is -3.40. The number of nitrogens with zero attached hydrogens (tertiary/aromatic N) is 4. The molecule has 0 atom stereocenters. The van der Waals surface area contributed by atoms with E-state index < -0.39 is 0 Å². The first-order valence-corrected chi connectivity index (χ1v) is 11.6. The molecule has 0 saturated carbocycles. The zero-order valence-electron chi connectivity index (χ0n) is 19.7. The Morgan fingerprint density at radius 2 is 0.875 bits per heavy atom. The van der Waals surface area contributed by atoms with Crippen molar-refractivity contribution in [2.45, 2.75) is 27.7 Å². The molecule has 0 fully saturated rings. The lowest BCUT2D eigenvalue weighted by atomic mass is 10.2. The number of para-hydroxylation sites is 2. The third-order valence-electron chi connectivity index (χ3n) is 5.63. The van der Waals surface area contributed by atoms with Crippen molar-refractivity contribution in [2.75, 3.05) is 36.0 Å². The minimum atomic E-state index is 0.858. The first-order valence-electron chi connectivity index (χ1n) is 11.6. The minimum Gasteiger partial charge on any atom is -0.372 e. The maximum absolute atomic E-state index is 4.70. The van der Waals surface area contributed by atoms with Crippen LogP contribution in [0, 0.1) is 0 Å². The van der Waals surface area contributed by atoms with Crippen LogP contribution in [0.4, 0.5) is 22.7 Å². The summed E-state index contributed by atoms with van der Waals surface area (Å²) in [5.74, 6) is 0. The normalized spacial score (nSPS) is 11.4. The first-order chi connectivity index (χ1) is 15.7. The maximum atomic E-state index is 4.70. The molecule has 3 aromatic rings. The van der Waals surface area contributed by atoms with E-state index in [4.69, 9.17) is 9.98 Å². The van der Waals surface area contributed by atoms with Gasteiger partial charge in [-0.05, 0) is 75.2 Å². The summed E-state index contributed by atoms with van der Waals surface area (Å²) < 4.78 is 0. The van der Waals surface area contributed by atoms with Gasteiger partial charge >= 0.3 is 0 Å². The van der Waals surface area contributed by atoms with Gasteiger partial charge in [0.15, 0.2) is 0 Å². The van der Waals surface area contributed by atoms with E-state index in [0.29, 0.717) is 0 Å². The summed E-state index contributed by atoms with van der Waals surface area (Å²) in [5.41, 5.74) is 6.35. The fraction of sp³-hybridized carbons (Fsp3) is 0.286. The van der Waals surface area contributed by atoms with E-state index in [-0.39, 0.29) is 0 Å². The zero-order chi connectivity index (χ0) is 22.8. The van der Waals surface area contributed by atoms with Crippen LogP contribution in [0.15, 0.2) is 82.8 Å². The molecule has 0 unspecified atom stereocenters. The van der Waals surface area contributed by atoms with Gasteiger partial charge in [0.1, 0.15) is 0 Å². The standard InChI is InChI=1S/C28H34N4/c1-5-31(6-2)25-17-13-23(14-18-25)21-29-27-11-9-10-12-28(27)30-22-24-15-19-26(20-16-24)32(7-3)8-4/h9-22H,5-8H2,1-4H3. The van der Waals surface area contributed by atoms with E-state index >= 15 is 0 Å². The molecule has 3 rings (SSSR count). The molecule has 0 aliphatic heterocycles. The maximum Gasteiger partial charge on any atom is 0.0886 e. The number of hydrogen-bond donors (Lipinski definition) is 0. The van der Waals surface area contributed by atoms with Crippen molar-refractivity contribution in [3.8, 4) is 0 Å². The Kier molecular flexibility index (Phi) is 8.61. The monoisotopic (exact) mass is 426 g/mol. The third-order valence-corrected chi connectivity index (χ3v) is 5.63. The van der Waals surface area contributed by atoms with Gasteiger partial charge in [0.25, 0.3) is 0 Å². The highest BCUT2D eigenvalue weighted by atomic mass is 15.1. The summed E-state index contributed by atoms with van der Waals surface area (Å²) in [7, 11) is 0. The number of aliphatic imine (C=N–C) groups is 2. The molecule has 0 N–H and O–H groups in total. The SMILES string of the molecule is CCN(CC)c1ccc(C=Nc2ccccc2N=Cc2ccc(N(CC)CC)cc2)cc1. The average Bonchev–Trinajstić information content (AvgIpc) is 2.85. The Labute approximate surface area is 193 Å². The predicted octanol–water partition coefficient (Wildman–Crippen LogP) is 6.88. The zero-order valence-corrected chi connectivity index (χ0v) is 19.7. The second kappa shape index (κ2) is 11.8. The van der Waals surface area contributed by atoms with Gasteiger partial charge in [-0.2, -0.15) is 0 Å². The molecule has 3 aromatic carbocycles. The molecule has 0 spiro atoms. The van der Waals surface area contributed by atoms with Crippen molar-refractivity contribution in [1.29, 1.82) is 0 Å². The molecule has 0 heterocycles. The van der Waals surface area contributed by atoms with Crippen molar-refractivity contribution >= 4 is 35.2 Å². The summed E-state index contributed by atoms with van der Waals surface area (Å²) in [6.45, 7) is 12.7. The van der Waals surface area contributed by atoms with Gasteiger partial charge < -0.3 is 9.80 Å². The lowest BCUT2D eigenvalue weighted by Gasteiger charge is -2.20. The van der Waals surface area contributed by atoms with E-state index in [1.807, 2.05) is 36.7 Å². The van der Waals surface area contributed by atoms with E-state index in [1.165, 1.54) is 11.4 Å². The van der Waals surface area contributed by atoms with Crippen LogP contribution in [-0.4, -0.2) is 38.6 Å². The highest BCUT2D eigenvalue weighted by molar-refractivity contribution is 5.87. The molecule has 0 amide bonds. The molecular weight excluding hydrogens is 392 g/mol. The fourth-order valence-electron chi connectivity index (χ4n) is 3.69. The van der Waals surface area contributed by atoms with Crippen molar-refractivity contribution in [2.24, 2.45) is 9.98 Å². The quantitative estimate of drug-likeness (QED) is 0.331. The van der Waals surface area contributed by atoms with Crippen LogP contribution < -0.4 is 9.80 Å². The molecule has 0 aliphatic carbocycles. The predicted molar refractivity (Wildman–Crippen MR) is 141 cm³/mol. The minimum absolute atomic E-state index is 0.858. The first kappa shape index (κ1) is 23.3. The summed E-state index contributed by atoms with van der Waals surface area (Å²) >= 11 is 0. The van der Waals surface area contributed by atoms with Crippen LogP contribution in [0.3, 0.4) is 0 Å². The van der Waals surface area contributed by atoms with Gasteiger partial charge in [-0.25, -0.2) is 0 Å². The molecule has 0 bridgehead atoms. The second-order valence-corrected chi connectivity index (χ2v) is 7.53. The summed E-state index contributed by atoms with van der Waals surface area (Å²) in [4.78, 5) is 14.1. The van der Waals surface area contributed by atoms with E-state index in [2.05, 4.69) is 86.0 Å². The molecule has 166 valence electrons. The smallest absolute Gasteiger partial charge is 0.0886 e. The summed E-state index contributed by atoms with van der Waals surface area (Å²) in [5, 5.41) is 0. The van der Waals surface area contributed by atoms with Crippen molar-refractivity contribution in [3.05, 3.63) is 83.9 Å². The Bertz CT molecular complexity index is 928. The fourth-order valence-corrected chi connectivity index (χ4v) is 3.69. The van der Waals surface area contributed by atoms with E-state index in [9.17, 15) is 0 Å². The van der Waals surface area contributed by atoms with Crippen LogP contribution in [0.5, 0.6) is 0 Å². The number of rotatable bonds is 10. The number of anilines is 2. The Morgan fingerprint density at radius 1 is 0.531 bits per heavy atom. The molecule has 0 aliphatic rings. The van der Waals surface area contributed by atoms with Crippen molar-refractivity contribution in [1.82, 2.24) is 0 Å². The summed E-state index contributed by atoms with van der Waals surface area (Å²) in [6, 6.07) is 25.0. The Balaban J connectivity index is 1.73. The van der Waals surface area contributed by atoms with Crippen LogP contribution in [-0.2, 0) is 0 Å².